The van der Waals surface area contributed by atoms with E-state index >= 15 is 0 Å². The Morgan fingerprint density at radius 3 is 2.56 bits per heavy atom. The zero-order valence-corrected chi connectivity index (χ0v) is 22.6. The second-order valence-electron chi connectivity index (χ2n) is 10.6. The first-order valence-corrected chi connectivity index (χ1v) is 14.0. The number of halogens is 1. The van der Waals surface area contributed by atoms with Crippen molar-refractivity contribution in [3.63, 3.8) is 0 Å². The summed E-state index contributed by atoms with van der Waals surface area (Å²) in [5.74, 6) is 0.978. The minimum absolute atomic E-state index is 0.104. The summed E-state index contributed by atoms with van der Waals surface area (Å²) in [5.41, 5.74) is 3.15. The fourth-order valence-corrected chi connectivity index (χ4v) is 5.66. The van der Waals surface area contributed by atoms with Crippen LogP contribution in [-0.2, 0) is 13.1 Å². The summed E-state index contributed by atoms with van der Waals surface area (Å²) in [5, 5.41) is 4.79. The zero-order valence-electron chi connectivity index (χ0n) is 21.9. The second-order valence-corrected chi connectivity index (χ2v) is 11.0. The number of aromatic nitrogens is 1. The van der Waals surface area contributed by atoms with Gasteiger partial charge in [-0.25, -0.2) is 0 Å². The molecule has 4 heterocycles. The van der Waals surface area contributed by atoms with Gasteiger partial charge < -0.3 is 14.5 Å². The fourth-order valence-electron chi connectivity index (χ4n) is 5.53. The van der Waals surface area contributed by atoms with Gasteiger partial charge in [-0.15, -0.1) is 0 Å². The monoisotopic (exact) mass is 544 g/mol. The summed E-state index contributed by atoms with van der Waals surface area (Å²) in [6.07, 6.45) is 6.73. The fraction of sp³-hybridized carbons (Fsp3) is 0.355. The highest BCUT2D eigenvalue weighted by atomic mass is 35.5. The van der Waals surface area contributed by atoms with Crippen LogP contribution in [0.3, 0.4) is 0 Å². The van der Waals surface area contributed by atoms with E-state index in [0.717, 1.165) is 74.7 Å². The number of hydrogen-bond donors (Lipinski definition) is 1. The quantitative estimate of drug-likeness (QED) is 0.314. The molecule has 7 nitrogen and oxygen atoms in total. The van der Waals surface area contributed by atoms with Crippen LogP contribution in [0.5, 0.6) is 5.75 Å². The van der Waals surface area contributed by atoms with Gasteiger partial charge in [-0.2, -0.15) is 0 Å². The molecule has 2 aliphatic rings. The van der Waals surface area contributed by atoms with Gasteiger partial charge in [0.1, 0.15) is 17.4 Å². The first kappa shape index (κ1) is 25.9. The molecule has 4 aromatic rings. The Morgan fingerprint density at radius 1 is 0.974 bits per heavy atom. The van der Waals surface area contributed by atoms with Crippen LogP contribution in [0.4, 0.5) is 0 Å². The number of pyridine rings is 1. The van der Waals surface area contributed by atoms with Crippen molar-refractivity contribution >= 4 is 28.5 Å². The Balaban J connectivity index is 0.997. The topological polar surface area (TPSA) is 70.8 Å². The third-order valence-electron chi connectivity index (χ3n) is 7.60. The van der Waals surface area contributed by atoms with Crippen molar-refractivity contribution in [3.8, 4) is 5.75 Å². The number of carbonyl (C=O) groups excluding carboxylic acids is 1. The van der Waals surface area contributed by atoms with Gasteiger partial charge in [0.25, 0.3) is 5.91 Å². The summed E-state index contributed by atoms with van der Waals surface area (Å²) in [7, 11) is 0. The lowest BCUT2D eigenvalue weighted by atomic mass is 10.1. The summed E-state index contributed by atoms with van der Waals surface area (Å²) in [4.78, 5) is 21.9. The van der Waals surface area contributed by atoms with Crippen molar-refractivity contribution in [1.29, 1.82) is 0 Å². The number of nitrogens with one attached hydrogen (secondary N) is 1. The van der Waals surface area contributed by atoms with Crippen LogP contribution in [0.25, 0.3) is 11.0 Å². The first-order chi connectivity index (χ1) is 19.1. The number of nitrogens with zero attached hydrogens (tertiary/aromatic N) is 3. The molecular weight excluding hydrogens is 512 g/mol. The van der Waals surface area contributed by atoms with Crippen molar-refractivity contribution in [2.45, 2.75) is 44.5 Å². The number of rotatable bonds is 8. The second kappa shape index (κ2) is 11.8. The van der Waals surface area contributed by atoms with Crippen molar-refractivity contribution in [3.05, 3.63) is 95.0 Å². The minimum atomic E-state index is -0.171. The normalized spacial score (nSPS) is 18.9. The molecule has 2 aromatic carbocycles. The predicted molar refractivity (Wildman–Crippen MR) is 152 cm³/mol. The Morgan fingerprint density at radius 2 is 1.77 bits per heavy atom. The average Bonchev–Trinajstić information content (AvgIpc) is 3.58. The van der Waals surface area contributed by atoms with E-state index in [-0.39, 0.29) is 18.1 Å². The van der Waals surface area contributed by atoms with Gasteiger partial charge in [0.15, 0.2) is 5.76 Å². The number of hydrogen-bond acceptors (Lipinski definition) is 6. The van der Waals surface area contributed by atoms with Crippen molar-refractivity contribution in [2.24, 2.45) is 0 Å². The molecule has 0 aliphatic carbocycles. The number of ether oxygens (including phenoxy) is 1. The van der Waals surface area contributed by atoms with E-state index in [1.807, 2.05) is 48.7 Å². The number of likely N-dealkylation sites (tertiary alicyclic amines) is 2. The van der Waals surface area contributed by atoms with Crippen LogP contribution in [0.1, 0.15) is 40.9 Å². The molecule has 8 heteroatoms. The highest BCUT2D eigenvalue weighted by molar-refractivity contribution is 6.30. The van der Waals surface area contributed by atoms with Crippen molar-refractivity contribution < 1.29 is 13.9 Å². The van der Waals surface area contributed by atoms with Crippen molar-refractivity contribution in [2.75, 3.05) is 26.2 Å². The number of fused-ring (bicyclic) bond motifs is 1. The highest BCUT2D eigenvalue weighted by Gasteiger charge is 2.26. The molecule has 202 valence electrons. The standard InChI is InChI=1S/C31H33ClN4O3/c32-25-5-3-22(4-6-25)19-35-14-10-27(11-15-35)38-28-7-8-29-24(16-28)17-30(39-29)31(37)34-26-9-13-36(21-26)20-23-2-1-12-33-18-23/h1-8,12,16-18,26-27H,9-11,13-15,19-21H2,(H,34,37). The van der Waals surface area contributed by atoms with Crippen LogP contribution >= 0.6 is 11.6 Å². The molecule has 2 fully saturated rings. The van der Waals surface area contributed by atoms with Crippen LogP contribution in [-0.4, -0.2) is 59.0 Å². The number of carbonyl (C=O) groups is 1. The third kappa shape index (κ3) is 6.61. The van der Waals surface area contributed by atoms with Gasteiger partial charge in [-0.3, -0.25) is 19.6 Å². The molecule has 2 saturated heterocycles. The van der Waals surface area contributed by atoms with E-state index in [2.05, 4.69) is 38.3 Å². The maximum Gasteiger partial charge on any atom is 0.287 e. The van der Waals surface area contributed by atoms with E-state index in [9.17, 15) is 4.79 Å². The van der Waals surface area contributed by atoms with E-state index in [0.29, 0.717) is 11.3 Å². The Labute approximate surface area is 233 Å². The molecular formula is C31H33ClN4O3. The number of piperidine rings is 1. The van der Waals surface area contributed by atoms with E-state index in [4.69, 9.17) is 20.8 Å². The highest BCUT2D eigenvalue weighted by Crippen LogP contribution is 2.27. The van der Waals surface area contributed by atoms with Crippen molar-refractivity contribution in [1.82, 2.24) is 20.1 Å². The Bertz CT molecular complexity index is 1400. The maximum absolute atomic E-state index is 12.9. The number of benzene rings is 2. The first-order valence-electron chi connectivity index (χ1n) is 13.7. The van der Waals surface area contributed by atoms with Crippen LogP contribution in [0.2, 0.25) is 5.02 Å². The van der Waals surface area contributed by atoms with Gasteiger partial charge in [0.05, 0.1) is 0 Å². The molecule has 0 radical (unpaired) electrons. The van der Waals surface area contributed by atoms with E-state index in [1.54, 1.807) is 6.20 Å². The van der Waals surface area contributed by atoms with Crippen LogP contribution in [0, 0.1) is 0 Å². The average molecular weight is 545 g/mol. The molecule has 1 atom stereocenters. The zero-order chi connectivity index (χ0) is 26.6. The third-order valence-corrected chi connectivity index (χ3v) is 7.86. The van der Waals surface area contributed by atoms with Gasteiger partial charge in [0.2, 0.25) is 0 Å². The lowest BCUT2D eigenvalue weighted by Crippen LogP contribution is -2.37. The van der Waals surface area contributed by atoms with Gasteiger partial charge in [0, 0.05) is 68.1 Å². The Kier molecular flexibility index (Phi) is 7.81. The molecule has 1 unspecified atom stereocenters. The molecule has 1 N–H and O–H groups in total. The molecule has 0 spiro atoms. The summed E-state index contributed by atoms with van der Waals surface area (Å²) >= 11 is 6.01. The largest absolute Gasteiger partial charge is 0.490 e. The van der Waals surface area contributed by atoms with E-state index in [1.165, 1.54) is 11.1 Å². The predicted octanol–water partition coefficient (Wildman–Crippen LogP) is 5.53. The van der Waals surface area contributed by atoms with Gasteiger partial charge in [-0.05, 0) is 72.9 Å². The number of furan rings is 1. The molecule has 6 rings (SSSR count). The smallest absolute Gasteiger partial charge is 0.287 e. The van der Waals surface area contributed by atoms with Gasteiger partial charge >= 0.3 is 0 Å². The molecule has 1 amide bonds. The number of amides is 1. The van der Waals surface area contributed by atoms with Crippen LogP contribution in [0.15, 0.2) is 77.5 Å². The summed E-state index contributed by atoms with van der Waals surface area (Å²) in [6, 6.07) is 19.8. The minimum Gasteiger partial charge on any atom is -0.490 e. The molecule has 2 aliphatic heterocycles. The summed E-state index contributed by atoms with van der Waals surface area (Å²) in [6.45, 7) is 5.52. The van der Waals surface area contributed by atoms with E-state index < -0.39 is 0 Å². The summed E-state index contributed by atoms with van der Waals surface area (Å²) < 4.78 is 12.2. The Hall–Kier alpha value is -3.39. The van der Waals surface area contributed by atoms with Gasteiger partial charge in [-0.1, -0.05) is 29.8 Å². The molecule has 2 aromatic heterocycles. The SMILES string of the molecule is O=C(NC1CCN(Cc2cccnc2)C1)c1cc2cc(OC3CCN(Cc4ccc(Cl)cc4)CC3)ccc2o1. The lowest BCUT2D eigenvalue weighted by molar-refractivity contribution is 0.0911. The molecule has 0 saturated carbocycles. The molecule has 0 bridgehead atoms. The van der Waals surface area contributed by atoms with Crippen LogP contribution < -0.4 is 10.1 Å². The molecule has 39 heavy (non-hydrogen) atoms. The maximum atomic E-state index is 12.9. The lowest BCUT2D eigenvalue weighted by Gasteiger charge is -2.32.